The highest BCUT2D eigenvalue weighted by Crippen LogP contribution is 2.14. The Morgan fingerprint density at radius 2 is 1.91 bits per heavy atom. The zero-order valence-electron chi connectivity index (χ0n) is 13.1. The third-order valence-electron chi connectivity index (χ3n) is 3.65. The van der Waals surface area contributed by atoms with Gasteiger partial charge in [0.05, 0.1) is 11.3 Å². The smallest absolute Gasteiger partial charge is 0.338 e. The Labute approximate surface area is 134 Å². The average Bonchev–Trinajstić information content (AvgIpc) is 3.10. The first-order chi connectivity index (χ1) is 11.1. The normalized spacial score (nSPS) is 10.5. The van der Waals surface area contributed by atoms with E-state index >= 15 is 0 Å². The molecule has 5 heteroatoms. The number of rotatable bonds is 4. The predicted octanol–water partition coefficient (Wildman–Crippen LogP) is 3.24. The molecule has 0 bridgehead atoms. The quantitative estimate of drug-likeness (QED) is 0.694. The van der Waals surface area contributed by atoms with E-state index in [9.17, 15) is 4.79 Å². The Morgan fingerprint density at radius 1 is 1.13 bits per heavy atom. The van der Waals surface area contributed by atoms with Gasteiger partial charge in [-0.1, -0.05) is 23.8 Å². The molecule has 0 spiro atoms. The van der Waals surface area contributed by atoms with Crippen molar-refractivity contribution in [1.82, 2.24) is 14.8 Å². The lowest BCUT2D eigenvalue weighted by Gasteiger charge is -2.09. The number of hydrogen-bond acceptors (Lipinski definition) is 4. The van der Waals surface area contributed by atoms with Gasteiger partial charge in [-0.2, -0.15) is 5.10 Å². The van der Waals surface area contributed by atoms with Gasteiger partial charge in [0.2, 0.25) is 0 Å². The summed E-state index contributed by atoms with van der Waals surface area (Å²) < 4.78 is 7.04. The molecule has 0 aliphatic carbocycles. The van der Waals surface area contributed by atoms with E-state index in [2.05, 4.69) is 10.1 Å². The first-order valence-electron chi connectivity index (χ1n) is 7.32. The summed E-state index contributed by atoms with van der Waals surface area (Å²) in [6.07, 6.45) is 3.07. The summed E-state index contributed by atoms with van der Waals surface area (Å²) in [5, 5.41) is 4.04. The molecule has 0 radical (unpaired) electrons. The second kappa shape index (κ2) is 6.44. The first-order valence-corrected chi connectivity index (χ1v) is 7.32. The monoisotopic (exact) mass is 307 g/mol. The summed E-state index contributed by atoms with van der Waals surface area (Å²) in [5.74, 6) is -0.337. The molecular formula is C18H17N3O2. The number of carbonyl (C=O) groups excluding carboxylic acids is 1. The average molecular weight is 307 g/mol. The van der Waals surface area contributed by atoms with Gasteiger partial charge in [-0.05, 0) is 49.2 Å². The van der Waals surface area contributed by atoms with Crippen LogP contribution in [0.5, 0.6) is 0 Å². The standard InChI is InChI=1S/C18H17N3O2/c1-13-3-4-14(2)16(9-13)10-23-18(22)15-5-7-17(8-6-15)21-12-19-11-20-21/h3-9,11-12H,10H2,1-2H3. The first kappa shape index (κ1) is 15.0. The van der Waals surface area contributed by atoms with E-state index in [1.165, 1.54) is 6.33 Å². The topological polar surface area (TPSA) is 57.0 Å². The number of esters is 1. The maximum atomic E-state index is 12.2. The Morgan fingerprint density at radius 3 is 2.61 bits per heavy atom. The zero-order valence-corrected chi connectivity index (χ0v) is 13.1. The predicted molar refractivity (Wildman–Crippen MR) is 86.4 cm³/mol. The van der Waals surface area contributed by atoms with E-state index in [0.29, 0.717) is 5.56 Å². The second-order valence-corrected chi connectivity index (χ2v) is 5.39. The molecule has 0 fully saturated rings. The van der Waals surface area contributed by atoms with Crippen LogP contribution in [0.3, 0.4) is 0 Å². The molecular weight excluding hydrogens is 290 g/mol. The molecule has 0 aliphatic rings. The van der Waals surface area contributed by atoms with Gasteiger partial charge in [0, 0.05) is 0 Å². The molecule has 23 heavy (non-hydrogen) atoms. The van der Waals surface area contributed by atoms with Crippen LogP contribution in [0.25, 0.3) is 5.69 Å². The van der Waals surface area contributed by atoms with Crippen molar-refractivity contribution in [1.29, 1.82) is 0 Å². The third-order valence-corrected chi connectivity index (χ3v) is 3.65. The van der Waals surface area contributed by atoms with Gasteiger partial charge in [0.1, 0.15) is 19.3 Å². The zero-order chi connectivity index (χ0) is 16.2. The lowest BCUT2D eigenvalue weighted by Crippen LogP contribution is -2.06. The summed E-state index contributed by atoms with van der Waals surface area (Å²) in [5.41, 5.74) is 4.65. The van der Waals surface area contributed by atoms with E-state index in [0.717, 1.165) is 22.4 Å². The van der Waals surface area contributed by atoms with Crippen LogP contribution in [-0.2, 0) is 11.3 Å². The highest BCUT2D eigenvalue weighted by Gasteiger charge is 2.09. The minimum atomic E-state index is -0.337. The molecule has 1 heterocycles. The van der Waals surface area contributed by atoms with Crippen LogP contribution in [0.2, 0.25) is 0 Å². The fraction of sp³-hybridized carbons (Fsp3) is 0.167. The molecule has 3 rings (SSSR count). The van der Waals surface area contributed by atoms with Crippen LogP contribution in [0.1, 0.15) is 27.0 Å². The van der Waals surface area contributed by atoms with E-state index in [4.69, 9.17) is 4.74 Å². The fourth-order valence-corrected chi connectivity index (χ4v) is 2.27. The van der Waals surface area contributed by atoms with Crippen molar-refractivity contribution >= 4 is 5.97 Å². The molecule has 0 saturated carbocycles. The van der Waals surface area contributed by atoms with Gasteiger partial charge >= 0.3 is 5.97 Å². The van der Waals surface area contributed by atoms with E-state index < -0.39 is 0 Å². The Kier molecular flexibility index (Phi) is 4.19. The van der Waals surface area contributed by atoms with Crippen LogP contribution in [0.15, 0.2) is 55.1 Å². The molecule has 0 aliphatic heterocycles. The number of ether oxygens (including phenoxy) is 1. The van der Waals surface area contributed by atoms with Crippen LogP contribution < -0.4 is 0 Å². The lowest BCUT2D eigenvalue weighted by molar-refractivity contribution is 0.0472. The molecule has 0 unspecified atom stereocenters. The SMILES string of the molecule is Cc1ccc(C)c(COC(=O)c2ccc(-n3cncn3)cc2)c1. The Hall–Kier alpha value is -2.95. The van der Waals surface area contributed by atoms with E-state index in [-0.39, 0.29) is 12.6 Å². The second-order valence-electron chi connectivity index (χ2n) is 5.39. The van der Waals surface area contributed by atoms with Gasteiger partial charge in [0.15, 0.2) is 0 Å². The van der Waals surface area contributed by atoms with Crippen molar-refractivity contribution in [3.8, 4) is 5.69 Å². The van der Waals surface area contributed by atoms with Crippen molar-refractivity contribution in [2.45, 2.75) is 20.5 Å². The number of aryl methyl sites for hydroxylation is 2. The summed E-state index contributed by atoms with van der Waals surface area (Å²) >= 11 is 0. The summed E-state index contributed by atoms with van der Waals surface area (Å²) in [6.45, 7) is 4.31. The van der Waals surface area contributed by atoms with Crippen LogP contribution in [-0.4, -0.2) is 20.7 Å². The largest absolute Gasteiger partial charge is 0.457 e. The van der Waals surface area contributed by atoms with Gasteiger partial charge in [0.25, 0.3) is 0 Å². The van der Waals surface area contributed by atoms with Gasteiger partial charge in [-0.25, -0.2) is 14.5 Å². The minimum Gasteiger partial charge on any atom is -0.457 e. The third kappa shape index (κ3) is 3.45. The molecule has 0 saturated heterocycles. The summed E-state index contributed by atoms with van der Waals surface area (Å²) in [7, 11) is 0. The number of carbonyl (C=O) groups is 1. The number of nitrogens with zero attached hydrogens (tertiary/aromatic N) is 3. The Bertz CT molecular complexity index is 809. The van der Waals surface area contributed by atoms with Crippen molar-refractivity contribution in [2.75, 3.05) is 0 Å². The highest BCUT2D eigenvalue weighted by atomic mass is 16.5. The molecule has 0 N–H and O–H groups in total. The number of hydrogen-bond donors (Lipinski definition) is 0. The molecule has 1 aromatic heterocycles. The van der Waals surface area contributed by atoms with Crippen LogP contribution >= 0.6 is 0 Å². The molecule has 2 aromatic carbocycles. The molecule has 3 aromatic rings. The fourth-order valence-electron chi connectivity index (χ4n) is 2.27. The van der Waals surface area contributed by atoms with E-state index in [1.54, 1.807) is 23.1 Å². The highest BCUT2D eigenvalue weighted by molar-refractivity contribution is 5.89. The van der Waals surface area contributed by atoms with Crippen molar-refractivity contribution in [2.24, 2.45) is 0 Å². The molecule has 5 nitrogen and oxygen atoms in total. The van der Waals surface area contributed by atoms with Gasteiger partial charge in [-0.15, -0.1) is 0 Å². The van der Waals surface area contributed by atoms with Gasteiger partial charge in [-0.3, -0.25) is 0 Å². The van der Waals surface area contributed by atoms with Crippen molar-refractivity contribution in [3.63, 3.8) is 0 Å². The summed E-state index contributed by atoms with van der Waals surface area (Å²) in [4.78, 5) is 16.0. The molecule has 116 valence electrons. The van der Waals surface area contributed by atoms with Crippen molar-refractivity contribution < 1.29 is 9.53 Å². The Balaban J connectivity index is 1.67. The van der Waals surface area contributed by atoms with Crippen LogP contribution in [0, 0.1) is 13.8 Å². The number of aromatic nitrogens is 3. The molecule has 0 atom stereocenters. The molecule has 0 amide bonds. The van der Waals surface area contributed by atoms with Crippen LogP contribution in [0.4, 0.5) is 0 Å². The van der Waals surface area contributed by atoms with Gasteiger partial charge < -0.3 is 4.74 Å². The van der Waals surface area contributed by atoms with E-state index in [1.807, 2.05) is 44.2 Å². The maximum Gasteiger partial charge on any atom is 0.338 e. The lowest BCUT2D eigenvalue weighted by atomic mass is 10.1. The summed E-state index contributed by atoms with van der Waals surface area (Å²) in [6, 6.07) is 13.2. The number of benzene rings is 2. The minimum absolute atomic E-state index is 0.275. The maximum absolute atomic E-state index is 12.2. The van der Waals surface area contributed by atoms with Crippen molar-refractivity contribution in [3.05, 3.63) is 77.4 Å².